The van der Waals surface area contributed by atoms with Crippen LogP contribution in [0.4, 0.5) is 5.69 Å². The van der Waals surface area contributed by atoms with Crippen molar-refractivity contribution in [2.24, 2.45) is 5.10 Å². The maximum atomic E-state index is 13.6. The number of furan rings is 1. The summed E-state index contributed by atoms with van der Waals surface area (Å²) >= 11 is 0. The second-order valence-electron chi connectivity index (χ2n) is 9.00. The van der Waals surface area contributed by atoms with Crippen LogP contribution in [0.25, 0.3) is 0 Å². The number of nitrogens with one attached hydrogen (secondary N) is 2. The highest BCUT2D eigenvalue weighted by Crippen LogP contribution is 2.32. The number of sulfonamides is 1. The highest BCUT2D eigenvalue weighted by molar-refractivity contribution is 7.92. The lowest BCUT2D eigenvalue weighted by Gasteiger charge is -2.25. The zero-order valence-electron chi connectivity index (χ0n) is 23.0. The molecule has 3 aromatic carbocycles. The number of carbonyl (C=O) groups excluding carboxylic acids is 2. The van der Waals surface area contributed by atoms with Crippen molar-refractivity contribution in [1.29, 1.82) is 0 Å². The number of para-hydroxylation sites is 2. The number of hydrazone groups is 1. The largest absolute Gasteiger partial charge is 0.495 e. The minimum Gasteiger partial charge on any atom is -0.495 e. The van der Waals surface area contributed by atoms with Gasteiger partial charge in [0.05, 0.1) is 36.7 Å². The summed E-state index contributed by atoms with van der Waals surface area (Å²) in [4.78, 5) is 24.8. The predicted molar refractivity (Wildman–Crippen MR) is 157 cm³/mol. The summed E-state index contributed by atoms with van der Waals surface area (Å²) < 4.78 is 44.1. The number of benzene rings is 3. The molecule has 0 spiro atoms. The Balaban J connectivity index is 1.36. The van der Waals surface area contributed by atoms with Crippen LogP contribution >= 0.6 is 0 Å². The van der Waals surface area contributed by atoms with E-state index in [0.29, 0.717) is 22.8 Å². The topological polar surface area (TPSA) is 140 Å². The van der Waals surface area contributed by atoms with Crippen LogP contribution in [0.15, 0.2) is 106 Å². The number of aryl methyl sites for hydroxylation is 1. The van der Waals surface area contributed by atoms with E-state index in [2.05, 4.69) is 15.8 Å². The molecule has 0 aliphatic rings. The molecule has 0 aliphatic carbocycles. The van der Waals surface area contributed by atoms with Gasteiger partial charge in [0.2, 0.25) is 0 Å². The number of hydrogen-bond acceptors (Lipinski definition) is 8. The first kappa shape index (κ1) is 29.9. The molecule has 0 saturated carbocycles. The van der Waals surface area contributed by atoms with Crippen LogP contribution in [0, 0.1) is 6.92 Å². The van der Waals surface area contributed by atoms with E-state index in [0.717, 1.165) is 9.87 Å². The molecule has 0 aliphatic heterocycles. The Hall–Kier alpha value is -5.10. The van der Waals surface area contributed by atoms with E-state index < -0.39 is 22.5 Å². The van der Waals surface area contributed by atoms with E-state index in [4.69, 9.17) is 13.9 Å². The van der Waals surface area contributed by atoms with Crippen LogP contribution in [0.3, 0.4) is 0 Å². The van der Waals surface area contributed by atoms with Gasteiger partial charge in [-0.2, -0.15) is 5.10 Å². The van der Waals surface area contributed by atoms with Crippen molar-refractivity contribution in [2.45, 2.75) is 18.4 Å². The van der Waals surface area contributed by atoms with E-state index >= 15 is 0 Å². The van der Waals surface area contributed by atoms with Crippen LogP contribution in [0.5, 0.6) is 11.5 Å². The molecule has 11 nitrogen and oxygen atoms in total. The van der Waals surface area contributed by atoms with Crippen molar-refractivity contribution >= 4 is 33.7 Å². The molecule has 0 fully saturated rings. The number of rotatable bonds is 13. The fourth-order valence-electron chi connectivity index (χ4n) is 3.77. The zero-order chi connectivity index (χ0) is 30.0. The van der Waals surface area contributed by atoms with Crippen LogP contribution in [-0.4, -0.2) is 46.7 Å². The van der Waals surface area contributed by atoms with Gasteiger partial charge in [0.1, 0.15) is 23.8 Å². The molecule has 1 aromatic heterocycles. The van der Waals surface area contributed by atoms with Gasteiger partial charge in [-0.05, 0) is 73.2 Å². The quantitative estimate of drug-likeness (QED) is 0.179. The smallest absolute Gasteiger partial charge is 0.264 e. The summed E-state index contributed by atoms with van der Waals surface area (Å²) in [5.41, 5.74) is 4.12. The van der Waals surface area contributed by atoms with E-state index in [1.807, 2.05) is 6.92 Å². The molecule has 0 atom stereocenters. The Morgan fingerprint density at radius 2 is 1.69 bits per heavy atom. The first-order valence-corrected chi connectivity index (χ1v) is 14.3. The summed E-state index contributed by atoms with van der Waals surface area (Å²) in [6.45, 7) is 1.41. The molecule has 0 saturated heterocycles. The van der Waals surface area contributed by atoms with Gasteiger partial charge in [0, 0.05) is 0 Å². The lowest BCUT2D eigenvalue weighted by atomic mass is 10.2. The van der Waals surface area contributed by atoms with Gasteiger partial charge in [-0.3, -0.25) is 13.9 Å². The molecule has 4 rings (SSSR count). The fourth-order valence-corrected chi connectivity index (χ4v) is 5.20. The predicted octanol–water partition coefficient (Wildman–Crippen LogP) is 3.64. The molecule has 0 unspecified atom stereocenters. The zero-order valence-corrected chi connectivity index (χ0v) is 23.8. The van der Waals surface area contributed by atoms with E-state index in [1.54, 1.807) is 72.8 Å². The summed E-state index contributed by atoms with van der Waals surface area (Å²) in [6.07, 6.45) is 2.93. The van der Waals surface area contributed by atoms with Crippen molar-refractivity contribution in [1.82, 2.24) is 10.7 Å². The number of nitrogens with zero attached hydrogens (tertiary/aromatic N) is 2. The standard InChI is InChI=1S/C30H30N4O7S/c1-22-9-15-26(16-10-22)42(37,38)34(27-7-3-4-8-28(27)39-2)20-29(35)33-32-18-23-11-13-24(14-12-23)41-21-30(36)31-19-25-6-5-17-40-25/h3-18H,19-21H2,1-2H3,(H,31,36)(H,33,35)/b32-18-. The second-order valence-corrected chi connectivity index (χ2v) is 10.9. The highest BCUT2D eigenvalue weighted by atomic mass is 32.2. The Kier molecular flexibility index (Phi) is 9.95. The van der Waals surface area contributed by atoms with Gasteiger partial charge in [-0.15, -0.1) is 0 Å². The molecule has 1 heterocycles. The monoisotopic (exact) mass is 590 g/mol. The third kappa shape index (κ3) is 7.98. The van der Waals surface area contributed by atoms with Crippen molar-refractivity contribution in [3.63, 3.8) is 0 Å². The number of anilines is 1. The third-order valence-electron chi connectivity index (χ3n) is 5.94. The summed E-state index contributed by atoms with van der Waals surface area (Å²) in [7, 11) is -2.69. The number of amides is 2. The number of methoxy groups -OCH3 is 1. The Morgan fingerprint density at radius 3 is 2.38 bits per heavy atom. The number of carbonyl (C=O) groups is 2. The van der Waals surface area contributed by atoms with Crippen molar-refractivity contribution in [3.8, 4) is 11.5 Å². The lowest BCUT2D eigenvalue weighted by Crippen LogP contribution is -2.39. The average molecular weight is 591 g/mol. The van der Waals surface area contributed by atoms with Crippen molar-refractivity contribution in [3.05, 3.63) is 108 Å². The van der Waals surface area contributed by atoms with E-state index in [1.165, 1.54) is 31.7 Å². The third-order valence-corrected chi connectivity index (χ3v) is 7.72. The molecule has 2 amide bonds. The van der Waals surface area contributed by atoms with Crippen LogP contribution in [0.1, 0.15) is 16.9 Å². The molecule has 0 radical (unpaired) electrons. The normalized spacial score (nSPS) is 11.2. The van der Waals surface area contributed by atoms with Gasteiger partial charge >= 0.3 is 0 Å². The molecule has 12 heteroatoms. The summed E-state index contributed by atoms with van der Waals surface area (Å²) in [5, 5.41) is 6.65. The average Bonchev–Trinajstić information content (AvgIpc) is 3.52. The molecular weight excluding hydrogens is 560 g/mol. The van der Waals surface area contributed by atoms with Gasteiger partial charge in [-0.1, -0.05) is 29.8 Å². The van der Waals surface area contributed by atoms with Gasteiger partial charge in [0.25, 0.3) is 21.8 Å². The first-order chi connectivity index (χ1) is 20.3. The van der Waals surface area contributed by atoms with E-state index in [9.17, 15) is 18.0 Å². The fraction of sp³-hybridized carbons (Fsp3) is 0.167. The van der Waals surface area contributed by atoms with Gasteiger partial charge in [-0.25, -0.2) is 13.8 Å². The van der Waals surface area contributed by atoms with Crippen LogP contribution < -0.4 is 24.5 Å². The minimum absolute atomic E-state index is 0.0348. The SMILES string of the molecule is COc1ccccc1N(CC(=O)N/N=C\c1ccc(OCC(=O)NCc2ccco2)cc1)S(=O)(=O)c1ccc(C)cc1. The molecule has 0 bridgehead atoms. The van der Waals surface area contributed by atoms with E-state index in [-0.39, 0.29) is 29.6 Å². The molecular formula is C30H30N4O7S. The van der Waals surface area contributed by atoms with Crippen LogP contribution in [-0.2, 0) is 26.2 Å². The summed E-state index contributed by atoms with van der Waals surface area (Å²) in [6, 6.07) is 23.1. The van der Waals surface area contributed by atoms with Crippen molar-refractivity contribution < 1.29 is 31.9 Å². The highest BCUT2D eigenvalue weighted by Gasteiger charge is 2.29. The summed E-state index contributed by atoms with van der Waals surface area (Å²) in [5.74, 6) is 0.444. The second kappa shape index (κ2) is 14.0. The Bertz CT molecular complexity index is 1620. The Morgan fingerprint density at radius 1 is 0.952 bits per heavy atom. The number of hydrogen-bond donors (Lipinski definition) is 2. The Labute approximate surface area is 243 Å². The van der Waals surface area contributed by atoms with Crippen LogP contribution in [0.2, 0.25) is 0 Å². The molecule has 218 valence electrons. The van der Waals surface area contributed by atoms with Gasteiger partial charge in [0.15, 0.2) is 6.61 Å². The molecule has 2 N–H and O–H groups in total. The lowest BCUT2D eigenvalue weighted by molar-refractivity contribution is -0.123. The maximum absolute atomic E-state index is 13.6. The first-order valence-electron chi connectivity index (χ1n) is 12.8. The number of ether oxygens (including phenoxy) is 2. The molecule has 42 heavy (non-hydrogen) atoms. The molecule has 4 aromatic rings. The minimum atomic E-state index is -4.11. The maximum Gasteiger partial charge on any atom is 0.264 e. The van der Waals surface area contributed by atoms with Gasteiger partial charge < -0.3 is 19.2 Å². The van der Waals surface area contributed by atoms with Crippen molar-refractivity contribution in [2.75, 3.05) is 24.6 Å².